The van der Waals surface area contributed by atoms with Gasteiger partial charge in [0, 0.05) is 12.8 Å². The van der Waals surface area contributed by atoms with Crippen LogP contribution in [-0.4, -0.2) is 47.6 Å². The molecule has 0 bridgehead atoms. The molecule has 0 spiro atoms. The van der Waals surface area contributed by atoms with Crippen LogP contribution in [0.5, 0.6) is 0 Å². The van der Waals surface area contributed by atoms with Crippen LogP contribution in [-0.2, 0) is 19.1 Å². The largest absolute Gasteiger partial charge is 0.462 e. The van der Waals surface area contributed by atoms with E-state index in [9.17, 15) is 19.8 Å². The number of aliphatic hydroxyl groups is 2. The molecule has 3 atom stereocenters. The van der Waals surface area contributed by atoms with Crippen LogP contribution in [0.2, 0.25) is 0 Å². The molecule has 0 saturated heterocycles. The molecular formula is C42H70O6. The Morgan fingerprint density at radius 2 is 1.25 bits per heavy atom. The summed E-state index contributed by atoms with van der Waals surface area (Å²) in [6, 6.07) is 0. The van der Waals surface area contributed by atoms with Gasteiger partial charge in [0.15, 0.2) is 6.10 Å². The molecule has 0 aromatic carbocycles. The van der Waals surface area contributed by atoms with Crippen molar-refractivity contribution in [1.29, 1.82) is 0 Å². The number of rotatable bonds is 32. The third-order valence-electron chi connectivity index (χ3n) is 8.15. The summed E-state index contributed by atoms with van der Waals surface area (Å²) in [7, 11) is 0. The predicted molar refractivity (Wildman–Crippen MR) is 202 cm³/mol. The van der Waals surface area contributed by atoms with E-state index in [1.165, 1.54) is 57.8 Å². The lowest BCUT2D eigenvalue weighted by atomic mass is 9.99. The third kappa shape index (κ3) is 33.2. The second-order valence-corrected chi connectivity index (χ2v) is 12.7. The Balaban J connectivity index is 3.80. The van der Waals surface area contributed by atoms with Gasteiger partial charge in [-0.1, -0.05) is 164 Å². The highest BCUT2D eigenvalue weighted by molar-refractivity contribution is 5.70. The van der Waals surface area contributed by atoms with Crippen molar-refractivity contribution < 1.29 is 29.3 Å². The minimum Gasteiger partial charge on any atom is -0.462 e. The van der Waals surface area contributed by atoms with E-state index in [2.05, 4.69) is 51.2 Å². The summed E-state index contributed by atoms with van der Waals surface area (Å²) in [6.45, 7) is 6.23. The summed E-state index contributed by atoms with van der Waals surface area (Å²) >= 11 is 0. The number of carbonyl (C=O) groups is 2. The summed E-state index contributed by atoms with van der Waals surface area (Å²) < 4.78 is 10.5. The van der Waals surface area contributed by atoms with Gasteiger partial charge in [-0.15, -0.1) is 0 Å². The van der Waals surface area contributed by atoms with E-state index in [1.807, 2.05) is 36.5 Å². The van der Waals surface area contributed by atoms with Crippen molar-refractivity contribution in [2.24, 2.45) is 5.92 Å². The fraction of sp³-hybridized carbons (Fsp3) is 0.667. The van der Waals surface area contributed by atoms with Crippen LogP contribution < -0.4 is 0 Å². The van der Waals surface area contributed by atoms with Gasteiger partial charge in [0.05, 0.1) is 12.7 Å². The fourth-order valence-electron chi connectivity index (χ4n) is 4.87. The average Bonchev–Trinajstić information content (AvgIpc) is 3.08. The van der Waals surface area contributed by atoms with Crippen molar-refractivity contribution in [1.82, 2.24) is 0 Å². The molecule has 2 N–H and O–H groups in total. The van der Waals surface area contributed by atoms with E-state index in [0.717, 1.165) is 50.9 Å². The van der Waals surface area contributed by atoms with Crippen LogP contribution in [0.1, 0.15) is 149 Å². The van der Waals surface area contributed by atoms with Crippen molar-refractivity contribution >= 4 is 11.9 Å². The lowest BCUT2D eigenvalue weighted by Gasteiger charge is -2.15. The number of hydrogen-bond donors (Lipinski definition) is 2. The molecule has 2 unspecified atom stereocenters. The molecule has 0 aromatic rings. The zero-order chi connectivity index (χ0) is 35.3. The molecule has 48 heavy (non-hydrogen) atoms. The van der Waals surface area contributed by atoms with Crippen molar-refractivity contribution in [3.63, 3.8) is 0 Å². The third-order valence-corrected chi connectivity index (χ3v) is 8.15. The molecule has 274 valence electrons. The first-order valence-corrected chi connectivity index (χ1v) is 19.0. The summed E-state index contributed by atoms with van der Waals surface area (Å²) in [5.41, 5.74) is 0. The molecule has 6 heteroatoms. The second kappa shape index (κ2) is 35.6. The van der Waals surface area contributed by atoms with Gasteiger partial charge < -0.3 is 19.7 Å². The maximum Gasteiger partial charge on any atom is 0.306 e. The Morgan fingerprint density at radius 1 is 0.667 bits per heavy atom. The topological polar surface area (TPSA) is 93.1 Å². The zero-order valence-electron chi connectivity index (χ0n) is 30.7. The SMILES string of the molecule is CC/C=C\C/C=C\CC(O)/C=C/C=C\C/C=C\C/C=C\CCC(=O)OC[C@H](CO)OC(=O)CCCCCCCCCCCCC(C)CC. The van der Waals surface area contributed by atoms with E-state index in [4.69, 9.17) is 9.47 Å². The molecule has 0 radical (unpaired) electrons. The highest BCUT2D eigenvalue weighted by atomic mass is 16.6. The smallest absolute Gasteiger partial charge is 0.306 e. The number of carbonyl (C=O) groups excluding carboxylic acids is 2. The Kier molecular flexibility index (Phi) is 33.6. The summed E-state index contributed by atoms with van der Waals surface area (Å²) in [5.74, 6) is 0.142. The number of allylic oxidation sites excluding steroid dienone is 10. The molecule has 0 aliphatic carbocycles. The number of unbranched alkanes of at least 4 members (excludes halogenated alkanes) is 9. The number of ether oxygens (including phenoxy) is 2. The van der Waals surface area contributed by atoms with Crippen LogP contribution in [0.25, 0.3) is 0 Å². The van der Waals surface area contributed by atoms with Crippen LogP contribution in [0, 0.1) is 5.92 Å². The van der Waals surface area contributed by atoms with Gasteiger partial charge in [0.2, 0.25) is 0 Å². The summed E-state index contributed by atoms with van der Waals surface area (Å²) in [6.07, 6.45) is 42.8. The molecule has 0 amide bonds. The lowest BCUT2D eigenvalue weighted by molar-refractivity contribution is -0.161. The van der Waals surface area contributed by atoms with Gasteiger partial charge in [-0.05, 0) is 50.9 Å². The summed E-state index contributed by atoms with van der Waals surface area (Å²) in [5, 5.41) is 19.5. The van der Waals surface area contributed by atoms with Gasteiger partial charge in [-0.3, -0.25) is 9.59 Å². The quantitative estimate of drug-likeness (QED) is 0.0320. The molecule has 0 rings (SSSR count). The zero-order valence-corrected chi connectivity index (χ0v) is 30.7. The lowest BCUT2D eigenvalue weighted by Crippen LogP contribution is -2.28. The molecule has 0 aliphatic heterocycles. The molecule has 0 aliphatic rings. The van der Waals surface area contributed by atoms with E-state index < -0.39 is 12.2 Å². The van der Waals surface area contributed by atoms with Crippen LogP contribution >= 0.6 is 0 Å². The Bertz CT molecular complexity index is 928. The standard InChI is InChI=1S/C42H70O6/c1-4-6-7-8-22-27-32-39(44)33-28-23-18-14-10-12-15-19-24-29-34-41(45)47-37-40(36-43)48-42(46)35-30-25-20-16-11-9-13-17-21-26-31-38(3)5-2/h6-7,10,12,18-19,22-24,27-28,33,38-40,43-44H,4-5,8-9,11,13-17,20-21,25-26,29-32,34-37H2,1-3H3/b7-6-,12-10-,23-18-,24-19-,27-22-,33-28+/t38?,39?,40-/m0/s1. The van der Waals surface area contributed by atoms with Crippen molar-refractivity contribution in [2.45, 2.75) is 161 Å². The first kappa shape index (κ1) is 45.3. The van der Waals surface area contributed by atoms with Crippen molar-refractivity contribution in [2.75, 3.05) is 13.2 Å². The van der Waals surface area contributed by atoms with Gasteiger partial charge in [-0.2, -0.15) is 0 Å². The van der Waals surface area contributed by atoms with Crippen LogP contribution in [0.15, 0.2) is 72.9 Å². The molecule has 0 aromatic heterocycles. The highest BCUT2D eigenvalue weighted by Crippen LogP contribution is 2.15. The van der Waals surface area contributed by atoms with E-state index in [1.54, 1.807) is 6.08 Å². The average molecular weight is 671 g/mol. The Labute approximate surface area is 294 Å². The van der Waals surface area contributed by atoms with Gasteiger partial charge in [-0.25, -0.2) is 0 Å². The normalized spacial score (nSPS) is 14.4. The molecule has 6 nitrogen and oxygen atoms in total. The maximum atomic E-state index is 12.1. The molecule has 0 heterocycles. The highest BCUT2D eigenvalue weighted by Gasteiger charge is 2.15. The second-order valence-electron chi connectivity index (χ2n) is 12.7. The first-order valence-electron chi connectivity index (χ1n) is 19.0. The van der Waals surface area contributed by atoms with E-state index >= 15 is 0 Å². The fourth-order valence-corrected chi connectivity index (χ4v) is 4.87. The molecule has 0 saturated carbocycles. The molecular weight excluding hydrogens is 600 g/mol. The van der Waals surface area contributed by atoms with Gasteiger partial charge >= 0.3 is 11.9 Å². The number of esters is 2. The Hall–Kier alpha value is -2.70. The number of aliphatic hydroxyl groups excluding tert-OH is 2. The first-order chi connectivity index (χ1) is 23.4. The van der Waals surface area contributed by atoms with Gasteiger partial charge in [0.25, 0.3) is 0 Å². The van der Waals surface area contributed by atoms with Crippen LogP contribution in [0.3, 0.4) is 0 Å². The molecule has 0 fully saturated rings. The maximum absolute atomic E-state index is 12.1. The minimum atomic E-state index is -0.818. The van der Waals surface area contributed by atoms with Crippen molar-refractivity contribution in [3.05, 3.63) is 72.9 Å². The number of hydrogen-bond acceptors (Lipinski definition) is 6. The van der Waals surface area contributed by atoms with Crippen molar-refractivity contribution in [3.8, 4) is 0 Å². The van der Waals surface area contributed by atoms with Gasteiger partial charge in [0.1, 0.15) is 6.61 Å². The van der Waals surface area contributed by atoms with Crippen LogP contribution in [0.4, 0.5) is 0 Å². The monoisotopic (exact) mass is 671 g/mol. The van der Waals surface area contributed by atoms with E-state index in [0.29, 0.717) is 19.3 Å². The predicted octanol–water partition coefficient (Wildman–Crippen LogP) is 10.6. The Morgan fingerprint density at radius 3 is 1.90 bits per heavy atom. The minimum absolute atomic E-state index is 0.124. The van der Waals surface area contributed by atoms with E-state index in [-0.39, 0.29) is 31.6 Å². The summed E-state index contributed by atoms with van der Waals surface area (Å²) in [4.78, 5) is 24.2.